The molecule has 160 valence electrons. The minimum atomic E-state index is 0.446. The van der Waals surface area contributed by atoms with Crippen LogP contribution in [0.3, 0.4) is 0 Å². The number of piperidine rings is 1. The van der Waals surface area contributed by atoms with Gasteiger partial charge in [0, 0.05) is 29.8 Å². The first-order valence-corrected chi connectivity index (χ1v) is 11.2. The van der Waals surface area contributed by atoms with Gasteiger partial charge in [-0.2, -0.15) is 10.2 Å². The molecule has 0 bridgehead atoms. The number of imidazole rings is 1. The van der Waals surface area contributed by atoms with E-state index < -0.39 is 0 Å². The van der Waals surface area contributed by atoms with Gasteiger partial charge in [-0.1, -0.05) is 17.7 Å². The van der Waals surface area contributed by atoms with Crippen molar-refractivity contribution in [3.05, 3.63) is 77.5 Å². The number of nitrogens with one attached hydrogen (secondary N) is 1. The van der Waals surface area contributed by atoms with E-state index in [-0.39, 0.29) is 0 Å². The summed E-state index contributed by atoms with van der Waals surface area (Å²) in [5, 5.41) is 14.6. The summed E-state index contributed by atoms with van der Waals surface area (Å²) >= 11 is 6.71. The minimum Gasteiger partial charge on any atom is -0.317 e. The third-order valence-corrected chi connectivity index (χ3v) is 6.63. The lowest BCUT2D eigenvalue weighted by molar-refractivity contribution is 0.343. The molecule has 32 heavy (non-hydrogen) atoms. The second kappa shape index (κ2) is 8.00. The first-order chi connectivity index (χ1) is 15.8. The van der Waals surface area contributed by atoms with Crippen LogP contribution in [-0.2, 0) is 6.42 Å². The number of hydrogen-bond donors (Lipinski definition) is 1. The van der Waals surface area contributed by atoms with Gasteiger partial charge in [0.1, 0.15) is 0 Å². The van der Waals surface area contributed by atoms with Crippen molar-refractivity contribution in [1.82, 2.24) is 34.7 Å². The van der Waals surface area contributed by atoms with Crippen LogP contribution < -0.4 is 5.32 Å². The van der Waals surface area contributed by atoms with Gasteiger partial charge in [0.25, 0.3) is 0 Å². The lowest BCUT2D eigenvalue weighted by Gasteiger charge is -2.22. The maximum absolute atomic E-state index is 6.71. The van der Waals surface area contributed by atoms with E-state index in [0.717, 1.165) is 70.0 Å². The van der Waals surface area contributed by atoms with Crippen LogP contribution in [0.1, 0.15) is 30.1 Å². The summed E-state index contributed by atoms with van der Waals surface area (Å²) in [4.78, 5) is 8.92. The zero-order valence-corrected chi connectivity index (χ0v) is 18.2. The van der Waals surface area contributed by atoms with Crippen LogP contribution in [0.25, 0.3) is 27.8 Å². The molecule has 1 N–H and O–H groups in total. The first kappa shape index (κ1) is 19.4. The molecule has 5 heterocycles. The van der Waals surface area contributed by atoms with Gasteiger partial charge < -0.3 is 5.32 Å². The Bertz CT molecular complexity index is 1410. The number of rotatable bonds is 4. The number of benzene rings is 1. The summed E-state index contributed by atoms with van der Waals surface area (Å²) in [6, 6.07) is 12.4. The Morgan fingerprint density at radius 2 is 1.94 bits per heavy atom. The molecule has 1 aliphatic heterocycles. The summed E-state index contributed by atoms with van der Waals surface area (Å²) in [5.41, 5.74) is 5.61. The number of hydrogen-bond acceptors (Lipinski definition) is 5. The van der Waals surface area contributed by atoms with Crippen LogP contribution in [-0.4, -0.2) is 42.5 Å². The summed E-state index contributed by atoms with van der Waals surface area (Å²) in [7, 11) is 0. The molecule has 1 aliphatic rings. The van der Waals surface area contributed by atoms with Crippen LogP contribution in [0.2, 0.25) is 5.02 Å². The van der Waals surface area contributed by atoms with Crippen LogP contribution in [0, 0.1) is 0 Å². The van der Waals surface area contributed by atoms with Gasteiger partial charge in [-0.05, 0) is 61.8 Å². The molecule has 4 aromatic heterocycles. The Hall–Kier alpha value is -3.29. The lowest BCUT2D eigenvalue weighted by atomic mass is 10.1. The molecule has 0 atom stereocenters. The Morgan fingerprint density at radius 1 is 1.03 bits per heavy atom. The van der Waals surface area contributed by atoms with Crippen molar-refractivity contribution in [2.45, 2.75) is 25.3 Å². The maximum Gasteiger partial charge on any atom is 0.153 e. The van der Waals surface area contributed by atoms with Crippen molar-refractivity contribution >= 4 is 28.2 Å². The largest absolute Gasteiger partial charge is 0.317 e. The Labute approximate surface area is 190 Å². The maximum atomic E-state index is 6.71. The average molecular weight is 444 g/mol. The molecule has 8 heteroatoms. The molecule has 7 nitrogen and oxygen atoms in total. The van der Waals surface area contributed by atoms with Crippen molar-refractivity contribution in [2.24, 2.45) is 0 Å². The Kier molecular flexibility index (Phi) is 4.85. The number of pyridine rings is 1. The third-order valence-electron chi connectivity index (χ3n) is 6.18. The molecule has 0 aliphatic carbocycles. The number of halogens is 1. The van der Waals surface area contributed by atoms with E-state index in [2.05, 4.69) is 31.3 Å². The predicted molar refractivity (Wildman–Crippen MR) is 125 cm³/mol. The van der Waals surface area contributed by atoms with E-state index in [9.17, 15) is 0 Å². The van der Waals surface area contributed by atoms with Gasteiger partial charge in [-0.25, -0.2) is 9.50 Å². The monoisotopic (exact) mass is 443 g/mol. The van der Waals surface area contributed by atoms with Gasteiger partial charge in [-0.15, -0.1) is 0 Å². The van der Waals surface area contributed by atoms with Crippen LogP contribution >= 0.6 is 11.6 Å². The van der Waals surface area contributed by atoms with E-state index in [0.29, 0.717) is 12.5 Å². The molecule has 0 saturated carbocycles. The molecule has 0 unspecified atom stereocenters. The summed E-state index contributed by atoms with van der Waals surface area (Å²) in [6.45, 7) is 2.08. The Morgan fingerprint density at radius 3 is 2.84 bits per heavy atom. The topological polar surface area (TPSA) is 72.9 Å². The highest BCUT2D eigenvalue weighted by Crippen LogP contribution is 2.28. The summed E-state index contributed by atoms with van der Waals surface area (Å²) in [6.07, 6.45) is 10.5. The van der Waals surface area contributed by atoms with E-state index >= 15 is 0 Å². The van der Waals surface area contributed by atoms with E-state index in [4.69, 9.17) is 16.7 Å². The summed E-state index contributed by atoms with van der Waals surface area (Å²) < 4.78 is 3.99. The quantitative estimate of drug-likeness (QED) is 0.448. The van der Waals surface area contributed by atoms with Crippen molar-refractivity contribution in [3.8, 4) is 11.3 Å². The van der Waals surface area contributed by atoms with Gasteiger partial charge >= 0.3 is 0 Å². The van der Waals surface area contributed by atoms with E-state index in [1.165, 1.54) is 0 Å². The normalized spacial score (nSPS) is 15.0. The van der Waals surface area contributed by atoms with Gasteiger partial charge in [0.2, 0.25) is 0 Å². The molecule has 1 saturated heterocycles. The third kappa shape index (κ3) is 3.43. The van der Waals surface area contributed by atoms with Crippen molar-refractivity contribution in [2.75, 3.05) is 13.1 Å². The Balaban J connectivity index is 1.33. The standard InChI is InChI=1S/C24H22ClN7/c25-24-16(3-4-22-20(24)2-1-9-27-22)12-19-14-28-23-6-5-21(30-32(19)23)17-13-29-31(15-17)18-7-10-26-11-8-18/h1-6,9,13-15,18,26H,7-8,10-12H2. The molecule has 6 rings (SSSR count). The molecule has 5 aromatic rings. The van der Waals surface area contributed by atoms with Crippen LogP contribution in [0.15, 0.2) is 61.2 Å². The van der Waals surface area contributed by atoms with E-state index in [1.807, 2.05) is 53.3 Å². The number of aromatic nitrogens is 6. The molecule has 0 radical (unpaired) electrons. The van der Waals surface area contributed by atoms with Gasteiger partial charge in [0.15, 0.2) is 5.65 Å². The summed E-state index contributed by atoms with van der Waals surface area (Å²) in [5.74, 6) is 0. The minimum absolute atomic E-state index is 0.446. The number of fused-ring (bicyclic) bond motifs is 2. The van der Waals surface area contributed by atoms with Crippen LogP contribution in [0.5, 0.6) is 0 Å². The molecule has 0 spiro atoms. The number of nitrogens with zero attached hydrogens (tertiary/aromatic N) is 6. The van der Waals surface area contributed by atoms with Gasteiger partial charge in [0.05, 0.1) is 40.4 Å². The zero-order valence-electron chi connectivity index (χ0n) is 17.4. The SMILES string of the molecule is Clc1c(Cc2cnc3ccc(-c4cnn(C5CCNCC5)c4)nn23)ccc2ncccc12. The fourth-order valence-corrected chi connectivity index (χ4v) is 4.72. The highest BCUT2D eigenvalue weighted by molar-refractivity contribution is 6.36. The highest BCUT2D eigenvalue weighted by Gasteiger charge is 2.17. The van der Waals surface area contributed by atoms with Gasteiger partial charge in [-0.3, -0.25) is 9.67 Å². The van der Waals surface area contributed by atoms with Crippen LogP contribution in [0.4, 0.5) is 0 Å². The second-order valence-corrected chi connectivity index (χ2v) is 8.59. The second-order valence-electron chi connectivity index (χ2n) is 8.21. The molecular formula is C24H22ClN7. The van der Waals surface area contributed by atoms with Crippen molar-refractivity contribution in [1.29, 1.82) is 0 Å². The molecule has 0 amide bonds. The smallest absolute Gasteiger partial charge is 0.153 e. The first-order valence-electron chi connectivity index (χ1n) is 10.9. The molecular weight excluding hydrogens is 422 g/mol. The molecule has 1 fully saturated rings. The van der Waals surface area contributed by atoms with Crippen molar-refractivity contribution in [3.63, 3.8) is 0 Å². The zero-order chi connectivity index (χ0) is 21.5. The van der Waals surface area contributed by atoms with E-state index in [1.54, 1.807) is 6.20 Å². The highest BCUT2D eigenvalue weighted by atomic mass is 35.5. The van der Waals surface area contributed by atoms with Crippen molar-refractivity contribution < 1.29 is 0 Å². The fraction of sp³-hybridized carbons (Fsp3) is 0.250. The molecule has 1 aromatic carbocycles. The lowest BCUT2D eigenvalue weighted by Crippen LogP contribution is -2.29. The fourth-order valence-electron chi connectivity index (χ4n) is 4.43. The average Bonchev–Trinajstić information content (AvgIpc) is 3.49. The predicted octanol–water partition coefficient (Wildman–Crippen LogP) is 4.31.